The van der Waals surface area contributed by atoms with Gasteiger partial charge in [0.05, 0.1) is 5.02 Å². The lowest BCUT2D eigenvalue weighted by molar-refractivity contribution is 0.628. The van der Waals surface area contributed by atoms with Crippen LogP contribution in [-0.2, 0) is 0 Å². The molecule has 0 aliphatic carbocycles. The summed E-state index contributed by atoms with van der Waals surface area (Å²) < 4.78 is 26.2. The molecule has 1 heterocycles. The normalized spacial score (nSPS) is 10.5. The molecule has 0 fully saturated rings. The first-order valence-corrected chi connectivity index (χ1v) is 7.48. The molecular weight excluding hydrogens is 334 g/mol. The van der Waals surface area contributed by atoms with E-state index in [1.807, 2.05) is 0 Å². The molecule has 0 spiro atoms. The van der Waals surface area contributed by atoms with Gasteiger partial charge in [-0.3, -0.25) is 0 Å². The van der Waals surface area contributed by atoms with Gasteiger partial charge in [-0.2, -0.15) is 0 Å². The number of benzene rings is 2. The molecule has 0 atom stereocenters. The Hall–Kier alpha value is -2.73. The SMILES string of the molecule is Cc1nc(Nc2ccc(F)cc2)cc(Nc2ccc(F)c(Cl)c2)n1. The Morgan fingerprint density at radius 3 is 2.04 bits per heavy atom. The molecule has 0 unspecified atom stereocenters. The largest absolute Gasteiger partial charge is 0.340 e. The Kier molecular flexibility index (Phi) is 4.57. The Bertz CT molecular complexity index is 869. The van der Waals surface area contributed by atoms with Crippen LogP contribution >= 0.6 is 11.6 Å². The average Bonchev–Trinajstić information content (AvgIpc) is 2.53. The second-order valence-corrected chi connectivity index (χ2v) is 5.48. The standard InChI is InChI=1S/C17H13ClF2N4/c1-10-21-16(23-12-4-2-11(19)3-5-12)9-17(22-10)24-13-6-7-15(20)14(18)8-13/h2-9H,1H3,(H2,21,22,23,24). The summed E-state index contributed by atoms with van der Waals surface area (Å²) in [6, 6.07) is 11.9. The van der Waals surface area contributed by atoms with Crippen LogP contribution in [0.1, 0.15) is 5.82 Å². The van der Waals surface area contributed by atoms with Crippen molar-refractivity contribution in [2.45, 2.75) is 6.92 Å². The summed E-state index contributed by atoms with van der Waals surface area (Å²) in [4.78, 5) is 8.56. The van der Waals surface area contributed by atoms with Crippen LogP contribution in [0, 0.1) is 18.6 Å². The zero-order chi connectivity index (χ0) is 17.1. The first kappa shape index (κ1) is 16.1. The van der Waals surface area contributed by atoms with Gasteiger partial charge in [-0.25, -0.2) is 18.7 Å². The number of hydrogen-bond donors (Lipinski definition) is 2. The van der Waals surface area contributed by atoms with Crippen LogP contribution in [0.5, 0.6) is 0 Å². The first-order valence-electron chi connectivity index (χ1n) is 7.10. The third-order valence-corrected chi connectivity index (χ3v) is 3.44. The van der Waals surface area contributed by atoms with E-state index in [1.54, 1.807) is 31.2 Å². The van der Waals surface area contributed by atoms with Crippen molar-refractivity contribution in [2.24, 2.45) is 0 Å². The van der Waals surface area contributed by atoms with Crippen molar-refractivity contribution < 1.29 is 8.78 Å². The number of nitrogens with zero attached hydrogens (tertiary/aromatic N) is 2. The summed E-state index contributed by atoms with van der Waals surface area (Å²) in [6.45, 7) is 1.75. The quantitative estimate of drug-likeness (QED) is 0.681. The van der Waals surface area contributed by atoms with Crippen molar-refractivity contribution in [1.82, 2.24) is 9.97 Å². The van der Waals surface area contributed by atoms with Crippen LogP contribution in [0.25, 0.3) is 0 Å². The molecule has 0 bridgehead atoms. The molecule has 24 heavy (non-hydrogen) atoms. The van der Waals surface area contributed by atoms with Gasteiger partial charge < -0.3 is 10.6 Å². The van der Waals surface area contributed by atoms with Crippen LogP contribution in [-0.4, -0.2) is 9.97 Å². The van der Waals surface area contributed by atoms with Gasteiger partial charge in [-0.05, 0) is 49.4 Å². The highest BCUT2D eigenvalue weighted by molar-refractivity contribution is 6.31. The van der Waals surface area contributed by atoms with Crippen molar-refractivity contribution in [3.63, 3.8) is 0 Å². The molecule has 0 saturated carbocycles. The van der Waals surface area contributed by atoms with Crippen LogP contribution in [0.4, 0.5) is 31.8 Å². The van der Waals surface area contributed by atoms with Gasteiger partial charge in [-0.15, -0.1) is 0 Å². The van der Waals surface area contributed by atoms with Crippen molar-refractivity contribution in [1.29, 1.82) is 0 Å². The Morgan fingerprint density at radius 1 is 0.833 bits per heavy atom. The second-order valence-electron chi connectivity index (χ2n) is 5.07. The lowest BCUT2D eigenvalue weighted by Crippen LogP contribution is -2.01. The van der Waals surface area contributed by atoms with E-state index in [9.17, 15) is 8.78 Å². The van der Waals surface area contributed by atoms with Gasteiger partial charge >= 0.3 is 0 Å². The molecule has 0 saturated heterocycles. The van der Waals surface area contributed by atoms with E-state index in [0.29, 0.717) is 28.8 Å². The summed E-state index contributed by atoms with van der Waals surface area (Å²) in [5.41, 5.74) is 1.30. The predicted octanol–water partition coefficient (Wildman–Crippen LogP) is 5.20. The Morgan fingerprint density at radius 2 is 1.42 bits per heavy atom. The minimum atomic E-state index is -0.486. The Labute approximate surface area is 142 Å². The second kappa shape index (κ2) is 6.80. The average molecular weight is 347 g/mol. The lowest BCUT2D eigenvalue weighted by Gasteiger charge is -2.10. The van der Waals surface area contributed by atoms with Crippen molar-refractivity contribution in [3.8, 4) is 0 Å². The molecule has 0 radical (unpaired) electrons. The number of aryl methyl sites for hydroxylation is 1. The maximum absolute atomic E-state index is 13.2. The number of halogens is 3. The Balaban J connectivity index is 1.82. The summed E-state index contributed by atoms with van der Waals surface area (Å²) >= 11 is 5.77. The zero-order valence-electron chi connectivity index (χ0n) is 12.6. The van der Waals surface area contributed by atoms with Gasteiger partial charge in [0.25, 0.3) is 0 Å². The van der Waals surface area contributed by atoms with Gasteiger partial charge in [0.15, 0.2) is 0 Å². The summed E-state index contributed by atoms with van der Waals surface area (Å²) in [5, 5.41) is 6.14. The van der Waals surface area contributed by atoms with Crippen molar-refractivity contribution in [2.75, 3.05) is 10.6 Å². The van der Waals surface area contributed by atoms with Crippen LogP contribution in [0.3, 0.4) is 0 Å². The molecule has 7 heteroatoms. The number of rotatable bonds is 4. The fourth-order valence-electron chi connectivity index (χ4n) is 2.10. The van der Waals surface area contributed by atoms with Gasteiger partial charge in [0, 0.05) is 17.4 Å². The number of nitrogens with one attached hydrogen (secondary N) is 2. The molecule has 0 amide bonds. The van der Waals surface area contributed by atoms with Crippen LogP contribution in [0.2, 0.25) is 5.02 Å². The van der Waals surface area contributed by atoms with E-state index >= 15 is 0 Å². The number of hydrogen-bond acceptors (Lipinski definition) is 4. The molecule has 2 aromatic carbocycles. The molecular formula is C17H13ClF2N4. The summed E-state index contributed by atoms with van der Waals surface area (Å²) in [6.07, 6.45) is 0. The van der Waals surface area contributed by atoms with E-state index in [4.69, 9.17) is 11.6 Å². The summed E-state index contributed by atoms with van der Waals surface area (Å²) in [5.74, 6) is 0.812. The fraction of sp³-hybridized carbons (Fsp3) is 0.0588. The smallest absolute Gasteiger partial charge is 0.141 e. The topological polar surface area (TPSA) is 49.8 Å². The van der Waals surface area contributed by atoms with Crippen LogP contribution < -0.4 is 10.6 Å². The van der Waals surface area contributed by atoms with E-state index < -0.39 is 5.82 Å². The van der Waals surface area contributed by atoms with Gasteiger partial charge in [0.2, 0.25) is 0 Å². The monoisotopic (exact) mass is 346 g/mol. The fourth-order valence-corrected chi connectivity index (χ4v) is 2.28. The molecule has 3 rings (SSSR count). The lowest BCUT2D eigenvalue weighted by atomic mass is 10.3. The van der Waals surface area contributed by atoms with Crippen molar-refractivity contribution >= 4 is 34.6 Å². The molecule has 122 valence electrons. The molecule has 1 aromatic heterocycles. The van der Waals surface area contributed by atoms with E-state index in [1.165, 1.54) is 24.3 Å². The van der Waals surface area contributed by atoms with E-state index in [2.05, 4.69) is 20.6 Å². The van der Waals surface area contributed by atoms with Gasteiger partial charge in [-0.1, -0.05) is 11.6 Å². The third kappa shape index (κ3) is 3.97. The summed E-state index contributed by atoms with van der Waals surface area (Å²) in [7, 11) is 0. The molecule has 0 aliphatic heterocycles. The predicted molar refractivity (Wildman–Crippen MR) is 91.1 cm³/mol. The zero-order valence-corrected chi connectivity index (χ0v) is 13.4. The maximum atomic E-state index is 13.2. The molecule has 2 N–H and O–H groups in total. The number of anilines is 4. The molecule has 4 nitrogen and oxygen atoms in total. The van der Waals surface area contributed by atoms with Crippen LogP contribution in [0.15, 0.2) is 48.5 Å². The first-order chi connectivity index (χ1) is 11.5. The minimum Gasteiger partial charge on any atom is -0.340 e. The maximum Gasteiger partial charge on any atom is 0.141 e. The third-order valence-electron chi connectivity index (χ3n) is 3.15. The van der Waals surface area contributed by atoms with Gasteiger partial charge in [0.1, 0.15) is 29.1 Å². The highest BCUT2D eigenvalue weighted by Crippen LogP contribution is 2.24. The van der Waals surface area contributed by atoms with E-state index in [-0.39, 0.29) is 10.8 Å². The molecule has 3 aromatic rings. The van der Waals surface area contributed by atoms with Crippen molar-refractivity contribution in [3.05, 3.63) is 71.0 Å². The van der Waals surface area contributed by atoms with E-state index in [0.717, 1.165) is 0 Å². The highest BCUT2D eigenvalue weighted by Gasteiger charge is 2.05. The number of aromatic nitrogens is 2. The highest BCUT2D eigenvalue weighted by atomic mass is 35.5. The molecule has 0 aliphatic rings. The minimum absolute atomic E-state index is 0.0236.